The second-order valence-electron chi connectivity index (χ2n) is 7.23. The van der Waals surface area contributed by atoms with Gasteiger partial charge in [-0.3, -0.25) is 14.2 Å². The molecule has 0 aliphatic heterocycles. The average Bonchev–Trinajstić information content (AvgIpc) is 3.00. The number of carboxylic acid groups (broad SMARTS) is 1. The van der Waals surface area contributed by atoms with E-state index < -0.39 is 5.97 Å². The Morgan fingerprint density at radius 3 is 2.63 bits per heavy atom. The van der Waals surface area contributed by atoms with Gasteiger partial charge >= 0.3 is 5.97 Å². The first-order valence-corrected chi connectivity index (χ1v) is 9.99. The summed E-state index contributed by atoms with van der Waals surface area (Å²) in [6, 6.07) is 6.21. The van der Waals surface area contributed by atoms with Crippen molar-refractivity contribution in [1.29, 1.82) is 0 Å². The first kappa shape index (κ1) is 19.3. The number of fused-ring (bicyclic) bond motifs is 1. The van der Waals surface area contributed by atoms with Crippen molar-refractivity contribution < 1.29 is 9.90 Å². The normalized spacial score (nSPS) is 11.4. The van der Waals surface area contributed by atoms with Gasteiger partial charge in [-0.25, -0.2) is 4.98 Å². The Labute approximate surface area is 162 Å². The van der Waals surface area contributed by atoms with Crippen LogP contribution in [0, 0.1) is 13.8 Å². The van der Waals surface area contributed by atoms with E-state index in [1.807, 2.05) is 32.2 Å². The van der Waals surface area contributed by atoms with E-state index in [0.29, 0.717) is 24.2 Å². The van der Waals surface area contributed by atoms with Gasteiger partial charge in [0.05, 0.1) is 5.39 Å². The maximum atomic E-state index is 13.3. The SMILES string of the molecule is Cc1ccc(-c2csc3nc(C(C)C)n(CCCC(=O)O)c(=O)c23)c(C)c1. The van der Waals surface area contributed by atoms with Gasteiger partial charge in [0.15, 0.2) is 0 Å². The molecule has 2 aromatic heterocycles. The summed E-state index contributed by atoms with van der Waals surface area (Å²) in [5.74, 6) is -0.0554. The number of hydrogen-bond donors (Lipinski definition) is 1. The van der Waals surface area contributed by atoms with Crippen LogP contribution in [0.1, 0.15) is 49.6 Å². The second kappa shape index (κ2) is 7.64. The summed E-state index contributed by atoms with van der Waals surface area (Å²) in [6.45, 7) is 8.46. The van der Waals surface area contributed by atoms with Gasteiger partial charge in [0, 0.05) is 29.8 Å². The topological polar surface area (TPSA) is 72.2 Å². The molecule has 3 aromatic rings. The van der Waals surface area contributed by atoms with Gasteiger partial charge in [0.25, 0.3) is 5.56 Å². The van der Waals surface area contributed by atoms with E-state index in [9.17, 15) is 9.59 Å². The number of rotatable bonds is 6. The molecule has 3 rings (SSSR count). The van der Waals surface area contributed by atoms with E-state index in [-0.39, 0.29) is 17.9 Å². The Kier molecular flexibility index (Phi) is 5.46. The van der Waals surface area contributed by atoms with Gasteiger partial charge in [-0.2, -0.15) is 0 Å². The molecule has 6 heteroatoms. The molecule has 0 atom stereocenters. The van der Waals surface area contributed by atoms with Crippen LogP contribution in [0.25, 0.3) is 21.3 Å². The first-order valence-electron chi connectivity index (χ1n) is 9.11. The molecule has 0 radical (unpaired) electrons. The van der Waals surface area contributed by atoms with Crippen LogP contribution in [-0.2, 0) is 11.3 Å². The zero-order valence-corrected chi connectivity index (χ0v) is 16.9. The lowest BCUT2D eigenvalue weighted by Gasteiger charge is -2.15. The maximum absolute atomic E-state index is 13.3. The number of aliphatic carboxylic acids is 1. The molecule has 0 aliphatic rings. The van der Waals surface area contributed by atoms with Crippen molar-refractivity contribution in [1.82, 2.24) is 9.55 Å². The van der Waals surface area contributed by atoms with Crippen LogP contribution in [0.15, 0.2) is 28.4 Å². The third-order valence-electron chi connectivity index (χ3n) is 4.68. The molecule has 0 aliphatic carbocycles. The van der Waals surface area contributed by atoms with Crippen LogP contribution in [0.3, 0.4) is 0 Å². The fourth-order valence-corrected chi connectivity index (χ4v) is 4.33. The number of carbonyl (C=O) groups is 1. The van der Waals surface area contributed by atoms with E-state index in [1.54, 1.807) is 4.57 Å². The van der Waals surface area contributed by atoms with E-state index >= 15 is 0 Å². The number of aryl methyl sites for hydroxylation is 2. The Balaban J connectivity index is 2.19. The molecule has 5 nitrogen and oxygen atoms in total. The van der Waals surface area contributed by atoms with Gasteiger partial charge in [-0.05, 0) is 31.4 Å². The number of carboxylic acids is 1. The highest BCUT2D eigenvalue weighted by Crippen LogP contribution is 2.34. The molecule has 0 bridgehead atoms. The van der Waals surface area contributed by atoms with Crippen molar-refractivity contribution in [3.8, 4) is 11.1 Å². The maximum Gasteiger partial charge on any atom is 0.303 e. The van der Waals surface area contributed by atoms with Crippen molar-refractivity contribution in [2.75, 3.05) is 0 Å². The Hall–Kier alpha value is -2.47. The quantitative estimate of drug-likeness (QED) is 0.667. The van der Waals surface area contributed by atoms with Crippen LogP contribution in [0.5, 0.6) is 0 Å². The molecular weight excluding hydrogens is 360 g/mol. The van der Waals surface area contributed by atoms with Gasteiger partial charge in [-0.15, -0.1) is 11.3 Å². The second-order valence-corrected chi connectivity index (χ2v) is 8.08. The predicted molar refractivity (Wildman–Crippen MR) is 110 cm³/mol. The fraction of sp³-hybridized carbons (Fsp3) is 0.381. The summed E-state index contributed by atoms with van der Waals surface area (Å²) < 4.78 is 1.66. The molecule has 27 heavy (non-hydrogen) atoms. The molecule has 0 saturated carbocycles. The molecule has 0 unspecified atom stereocenters. The van der Waals surface area contributed by atoms with E-state index in [1.165, 1.54) is 16.9 Å². The summed E-state index contributed by atoms with van der Waals surface area (Å²) in [6.07, 6.45) is 0.445. The highest BCUT2D eigenvalue weighted by Gasteiger charge is 2.19. The van der Waals surface area contributed by atoms with Gasteiger partial charge in [0.2, 0.25) is 0 Å². The van der Waals surface area contributed by atoms with Crippen molar-refractivity contribution in [2.24, 2.45) is 0 Å². The van der Waals surface area contributed by atoms with E-state index in [4.69, 9.17) is 10.1 Å². The van der Waals surface area contributed by atoms with Gasteiger partial charge < -0.3 is 5.11 Å². The van der Waals surface area contributed by atoms with Crippen LogP contribution >= 0.6 is 11.3 Å². The Bertz CT molecular complexity index is 1060. The monoisotopic (exact) mass is 384 g/mol. The highest BCUT2D eigenvalue weighted by molar-refractivity contribution is 7.17. The Morgan fingerprint density at radius 2 is 2.00 bits per heavy atom. The molecule has 0 spiro atoms. The molecule has 2 heterocycles. The van der Waals surface area contributed by atoms with Crippen molar-refractivity contribution >= 4 is 27.5 Å². The van der Waals surface area contributed by atoms with Crippen LogP contribution < -0.4 is 5.56 Å². The molecular formula is C21H24N2O3S. The number of nitrogens with zero attached hydrogens (tertiary/aromatic N) is 2. The van der Waals surface area contributed by atoms with E-state index in [0.717, 1.165) is 21.5 Å². The van der Waals surface area contributed by atoms with Crippen LogP contribution in [-0.4, -0.2) is 20.6 Å². The third-order valence-corrected chi connectivity index (χ3v) is 5.56. The molecule has 0 saturated heterocycles. The lowest BCUT2D eigenvalue weighted by Crippen LogP contribution is -2.26. The standard InChI is InChI=1S/C21H24N2O3S/c1-12(2)19-22-20-18(21(26)23(19)9-5-6-17(24)25)16(11-27-20)15-8-7-13(3)10-14(15)4/h7-8,10-12H,5-6,9H2,1-4H3,(H,24,25). The average molecular weight is 385 g/mol. The number of hydrogen-bond acceptors (Lipinski definition) is 4. The third kappa shape index (κ3) is 3.81. The largest absolute Gasteiger partial charge is 0.481 e. The Morgan fingerprint density at radius 1 is 1.26 bits per heavy atom. The van der Waals surface area contributed by atoms with Gasteiger partial charge in [-0.1, -0.05) is 37.6 Å². The minimum Gasteiger partial charge on any atom is -0.481 e. The zero-order valence-electron chi connectivity index (χ0n) is 16.1. The minimum atomic E-state index is -0.852. The highest BCUT2D eigenvalue weighted by atomic mass is 32.1. The lowest BCUT2D eigenvalue weighted by atomic mass is 9.99. The van der Waals surface area contributed by atoms with Crippen LogP contribution in [0.4, 0.5) is 0 Å². The lowest BCUT2D eigenvalue weighted by molar-refractivity contribution is -0.137. The van der Waals surface area contributed by atoms with Crippen molar-refractivity contribution in [2.45, 2.75) is 53.0 Å². The van der Waals surface area contributed by atoms with Gasteiger partial charge in [0.1, 0.15) is 10.7 Å². The van der Waals surface area contributed by atoms with Crippen molar-refractivity contribution in [3.63, 3.8) is 0 Å². The summed E-state index contributed by atoms with van der Waals surface area (Å²) in [7, 11) is 0. The smallest absolute Gasteiger partial charge is 0.303 e. The summed E-state index contributed by atoms with van der Waals surface area (Å²) in [5.41, 5.74) is 4.18. The van der Waals surface area contributed by atoms with Crippen molar-refractivity contribution in [3.05, 3.63) is 50.9 Å². The molecule has 0 fully saturated rings. The summed E-state index contributed by atoms with van der Waals surface area (Å²) >= 11 is 1.49. The fourth-order valence-electron chi connectivity index (χ4n) is 3.40. The number of thiophene rings is 1. The minimum absolute atomic E-state index is 0.0373. The molecule has 1 N–H and O–H groups in total. The molecule has 0 amide bonds. The predicted octanol–water partition coefficient (Wildman–Crippen LogP) is 4.73. The van der Waals surface area contributed by atoms with Crippen LogP contribution in [0.2, 0.25) is 0 Å². The van der Waals surface area contributed by atoms with E-state index in [2.05, 4.69) is 19.1 Å². The summed E-state index contributed by atoms with van der Waals surface area (Å²) in [5, 5.41) is 11.6. The molecule has 1 aromatic carbocycles. The number of aromatic nitrogens is 2. The zero-order chi connectivity index (χ0) is 19.7. The summed E-state index contributed by atoms with van der Waals surface area (Å²) in [4.78, 5) is 29.7. The number of benzene rings is 1. The molecule has 142 valence electrons. The first-order chi connectivity index (χ1) is 12.8.